The van der Waals surface area contributed by atoms with E-state index >= 15 is 0 Å². The molecule has 0 saturated carbocycles. The number of nitrogens with one attached hydrogen (secondary N) is 1. The van der Waals surface area contributed by atoms with Gasteiger partial charge in [0, 0.05) is 6.61 Å². The lowest BCUT2D eigenvalue weighted by molar-refractivity contribution is 0.282. The molecule has 0 rings (SSSR count). The molecule has 1 atom stereocenters. The number of aliphatic hydroxyl groups excluding tert-OH is 1. The first-order chi connectivity index (χ1) is 4.31. The Balaban J connectivity index is 2.88. The van der Waals surface area contributed by atoms with Crippen molar-refractivity contribution in [1.29, 1.82) is 0 Å². The van der Waals surface area contributed by atoms with Crippen LogP contribution in [0.15, 0.2) is 0 Å². The maximum atomic E-state index is 8.36. The van der Waals surface area contributed by atoms with Crippen LogP contribution >= 0.6 is 11.6 Å². The van der Waals surface area contributed by atoms with Crippen molar-refractivity contribution in [3.8, 4) is 0 Å². The summed E-state index contributed by atoms with van der Waals surface area (Å²) < 4.78 is 0. The summed E-state index contributed by atoms with van der Waals surface area (Å²) in [4.78, 5) is 0. The summed E-state index contributed by atoms with van der Waals surface area (Å²) >= 11 is 5.58. The van der Waals surface area contributed by atoms with E-state index in [2.05, 4.69) is 5.43 Å². The van der Waals surface area contributed by atoms with Crippen LogP contribution in [0.4, 0.5) is 0 Å². The Morgan fingerprint density at radius 2 is 2.22 bits per heavy atom. The molecule has 0 heterocycles. The van der Waals surface area contributed by atoms with Crippen molar-refractivity contribution in [1.82, 2.24) is 5.43 Å². The lowest BCUT2D eigenvalue weighted by atomic mass is 10.2. The van der Waals surface area contributed by atoms with Crippen molar-refractivity contribution < 1.29 is 5.11 Å². The summed E-state index contributed by atoms with van der Waals surface area (Å²) in [5.74, 6) is 5.01. The van der Waals surface area contributed by atoms with Gasteiger partial charge in [0.05, 0.1) is 5.50 Å². The highest BCUT2D eigenvalue weighted by Crippen LogP contribution is 2.02. The Labute approximate surface area is 60.2 Å². The molecule has 0 aliphatic heterocycles. The van der Waals surface area contributed by atoms with E-state index in [4.69, 9.17) is 22.6 Å². The molecule has 0 aliphatic carbocycles. The fraction of sp³-hybridized carbons (Fsp3) is 1.00. The number of hydrazine groups is 1. The molecule has 0 bridgehead atoms. The number of halogens is 1. The van der Waals surface area contributed by atoms with Crippen LogP contribution in [-0.2, 0) is 0 Å². The molecule has 0 aliphatic rings. The van der Waals surface area contributed by atoms with Crippen LogP contribution in [0.2, 0.25) is 0 Å². The van der Waals surface area contributed by atoms with Gasteiger partial charge < -0.3 is 5.11 Å². The Hall–Kier alpha value is 0.170. The van der Waals surface area contributed by atoms with E-state index in [1.54, 1.807) is 0 Å². The molecule has 0 spiro atoms. The van der Waals surface area contributed by atoms with Crippen molar-refractivity contribution in [3.63, 3.8) is 0 Å². The Morgan fingerprint density at radius 3 is 2.67 bits per heavy atom. The summed E-state index contributed by atoms with van der Waals surface area (Å²) in [6.07, 6.45) is 2.51. The second-order valence-corrected chi connectivity index (χ2v) is 2.38. The quantitative estimate of drug-likeness (QED) is 0.173. The van der Waals surface area contributed by atoms with Gasteiger partial charge in [0.15, 0.2) is 0 Å². The van der Waals surface area contributed by atoms with Gasteiger partial charge in [0.1, 0.15) is 0 Å². The zero-order chi connectivity index (χ0) is 7.11. The molecular formula is C5H13ClN2O. The summed E-state index contributed by atoms with van der Waals surface area (Å²) in [5.41, 5.74) is 2.25. The summed E-state index contributed by atoms with van der Waals surface area (Å²) in [6.45, 7) is 0.230. The van der Waals surface area contributed by atoms with Gasteiger partial charge in [0.2, 0.25) is 0 Å². The van der Waals surface area contributed by atoms with Gasteiger partial charge in [-0.15, -0.1) is 11.6 Å². The predicted octanol–water partition coefficient (Wildman–Crippen LogP) is 0.177. The standard InChI is InChI=1S/C5H13ClN2O/c6-5(8-7)3-1-2-4-9/h5,8-9H,1-4,7H2. The topological polar surface area (TPSA) is 58.3 Å². The van der Waals surface area contributed by atoms with E-state index in [1.807, 2.05) is 0 Å². The lowest BCUT2D eigenvalue weighted by Gasteiger charge is -2.04. The van der Waals surface area contributed by atoms with Crippen molar-refractivity contribution in [2.45, 2.75) is 24.8 Å². The number of rotatable bonds is 5. The van der Waals surface area contributed by atoms with Crippen LogP contribution in [0, 0.1) is 0 Å². The van der Waals surface area contributed by atoms with Crippen molar-refractivity contribution in [3.05, 3.63) is 0 Å². The minimum Gasteiger partial charge on any atom is -0.396 e. The highest BCUT2D eigenvalue weighted by Gasteiger charge is 1.98. The average molecular weight is 153 g/mol. The third-order valence-electron chi connectivity index (χ3n) is 1.05. The number of hydrogen-bond acceptors (Lipinski definition) is 3. The molecule has 1 unspecified atom stereocenters. The first-order valence-electron chi connectivity index (χ1n) is 3.02. The van der Waals surface area contributed by atoms with Crippen LogP contribution < -0.4 is 11.3 Å². The largest absolute Gasteiger partial charge is 0.396 e. The molecule has 0 amide bonds. The van der Waals surface area contributed by atoms with Crippen molar-refractivity contribution in [2.24, 2.45) is 5.84 Å². The van der Waals surface area contributed by atoms with Gasteiger partial charge in [-0.05, 0) is 19.3 Å². The number of unbranched alkanes of at least 4 members (excludes halogenated alkanes) is 1. The smallest absolute Gasteiger partial charge is 0.0949 e. The number of hydrogen-bond donors (Lipinski definition) is 3. The van der Waals surface area contributed by atoms with Crippen LogP contribution in [0.1, 0.15) is 19.3 Å². The van der Waals surface area contributed by atoms with E-state index in [1.165, 1.54) is 0 Å². The first-order valence-corrected chi connectivity index (χ1v) is 3.46. The van der Waals surface area contributed by atoms with Gasteiger partial charge in [-0.2, -0.15) is 0 Å². The van der Waals surface area contributed by atoms with Crippen LogP contribution in [0.5, 0.6) is 0 Å². The van der Waals surface area contributed by atoms with Gasteiger partial charge in [0.25, 0.3) is 0 Å². The molecule has 0 fully saturated rings. The lowest BCUT2D eigenvalue weighted by Crippen LogP contribution is -2.30. The van der Waals surface area contributed by atoms with E-state index in [0.29, 0.717) is 0 Å². The van der Waals surface area contributed by atoms with Gasteiger partial charge >= 0.3 is 0 Å². The molecule has 56 valence electrons. The second kappa shape index (κ2) is 6.29. The maximum absolute atomic E-state index is 8.36. The average Bonchev–Trinajstić information content (AvgIpc) is 1.89. The predicted molar refractivity (Wildman–Crippen MR) is 37.9 cm³/mol. The van der Waals surface area contributed by atoms with Crippen LogP contribution in [0.3, 0.4) is 0 Å². The van der Waals surface area contributed by atoms with Crippen molar-refractivity contribution in [2.75, 3.05) is 6.61 Å². The molecule has 4 N–H and O–H groups in total. The second-order valence-electron chi connectivity index (χ2n) is 1.85. The summed E-state index contributed by atoms with van der Waals surface area (Å²) in [7, 11) is 0. The third kappa shape index (κ3) is 6.05. The molecule has 0 saturated heterocycles. The summed E-state index contributed by atoms with van der Waals surface area (Å²) in [6, 6.07) is 0. The normalized spacial score (nSPS) is 13.7. The van der Waals surface area contributed by atoms with E-state index in [0.717, 1.165) is 19.3 Å². The number of nitrogens with two attached hydrogens (primary N) is 1. The zero-order valence-electron chi connectivity index (χ0n) is 5.31. The van der Waals surface area contributed by atoms with Crippen LogP contribution in [-0.4, -0.2) is 17.2 Å². The maximum Gasteiger partial charge on any atom is 0.0949 e. The van der Waals surface area contributed by atoms with Crippen molar-refractivity contribution >= 4 is 11.6 Å². The van der Waals surface area contributed by atoms with Gasteiger partial charge in [-0.1, -0.05) is 0 Å². The highest BCUT2D eigenvalue weighted by molar-refractivity contribution is 6.20. The van der Waals surface area contributed by atoms with E-state index in [-0.39, 0.29) is 12.1 Å². The molecule has 9 heavy (non-hydrogen) atoms. The molecule has 0 radical (unpaired) electrons. The van der Waals surface area contributed by atoms with E-state index in [9.17, 15) is 0 Å². The number of alkyl halides is 1. The minimum absolute atomic E-state index is 0.156. The molecule has 0 aromatic rings. The Kier molecular flexibility index (Phi) is 6.41. The van der Waals surface area contributed by atoms with Gasteiger partial charge in [-0.25, -0.2) is 5.43 Å². The fourth-order valence-electron chi connectivity index (χ4n) is 0.519. The first kappa shape index (κ1) is 9.17. The summed E-state index contributed by atoms with van der Waals surface area (Å²) in [5, 5.41) is 8.36. The minimum atomic E-state index is -0.156. The fourth-order valence-corrected chi connectivity index (χ4v) is 0.673. The van der Waals surface area contributed by atoms with Crippen LogP contribution in [0.25, 0.3) is 0 Å². The third-order valence-corrected chi connectivity index (χ3v) is 1.39. The highest BCUT2D eigenvalue weighted by atomic mass is 35.5. The SMILES string of the molecule is NNC(Cl)CCCCO. The molecule has 3 nitrogen and oxygen atoms in total. The monoisotopic (exact) mass is 152 g/mol. The van der Waals surface area contributed by atoms with Gasteiger partial charge in [-0.3, -0.25) is 5.84 Å². The molecule has 0 aromatic carbocycles. The zero-order valence-corrected chi connectivity index (χ0v) is 6.06. The van der Waals surface area contributed by atoms with E-state index < -0.39 is 0 Å². The molecular weight excluding hydrogens is 140 g/mol. The molecule has 0 aromatic heterocycles. The Morgan fingerprint density at radius 1 is 1.56 bits per heavy atom. The Bertz CT molecular complexity index is 62.9. The molecule has 4 heteroatoms. The number of aliphatic hydroxyl groups is 1.